The Labute approximate surface area is 272 Å². The van der Waals surface area contributed by atoms with Crippen molar-refractivity contribution >= 4 is 44.1 Å². The van der Waals surface area contributed by atoms with E-state index in [0.29, 0.717) is 65.3 Å². The molecule has 2 aliphatic rings. The summed E-state index contributed by atoms with van der Waals surface area (Å²) in [7, 11) is 0. The van der Waals surface area contributed by atoms with Crippen molar-refractivity contribution in [3.05, 3.63) is 76.9 Å². The van der Waals surface area contributed by atoms with E-state index in [2.05, 4.69) is 6.92 Å². The van der Waals surface area contributed by atoms with Crippen molar-refractivity contribution in [2.24, 2.45) is 0 Å². The first-order valence-electron chi connectivity index (χ1n) is 15.9. The van der Waals surface area contributed by atoms with Crippen molar-refractivity contribution in [1.82, 2.24) is 4.98 Å². The standard InChI is InChI=1S/C36H38N2O7S/c1-5-8-9-16-44-28-15-10-22(19-29(28)43-7-3)32-31(33(39)23-11-14-27-24(18-23)17-21(4)45-27)34(40)35(41)38(32)36-37-26-13-12-25(42-6-2)20-30(26)46-36/h10-15,18-21,32,39H,5-9,16-17H2,1-4H3/b33-31+/t21-,32-/m0/s1. The summed E-state index contributed by atoms with van der Waals surface area (Å²) in [5.41, 5.74) is 2.60. The number of carbonyl (C=O) groups excluding carboxylic acids is 2. The molecule has 1 aromatic heterocycles. The lowest BCUT2D eigenvalue weighted by Gasteiger charge is -2.24. The Morgan fingerprint density at radius 2 is 1.80 bits per heavy atom. The highest BCUT2D eigenvalue weighted by Crippen LogP contribution is 2.46. The van der Waals surface area contributed by atoms with Gasteiger partial charge in [0, 0.05) is 12.0 Å². The van der Waals surface area contributed by atoms with Crippen LogP contribution in [0.4, 0.5) is 5.13 Å². The van der Waals surface area contributed by atoms with Gasteiger partial charge >= 0.3 is 5.91 Å². The molecule has 0 spiro atoms. The molecule has 3 aromatic carbocycles. The van der Waals surface area contributed by atoms with Crippen LogP contribution in [0.25, 0.3) is 16.0 Å². The van der Waals surface area contributed by atoms with E-state index in [1.807, 2.05) is 51.1 Å². The maximum atomic E-state index is 13.9. The summed E-state index contributed by atoms with van der Waals surface area (Å²) in [6, 6.07) is 15.3. The van der Waals surface area contributed by atoms with Gasteiger partial charge in [0.05, 0.1) is 41.7 Å². The molecule has 9 nitrogen and oxygen atoms in total. The maximum Gasteiger partial charge on any atom is 0.301 e. The zero-order valence-corrected chi connectivity index (χ0v) is 27.3. The van der Waals surface area contributed by atoms with Gasteiger partial charge < -0.3 is 24.1 Å². The summed E-state index contributed by atoms with van der Waals surface area (Å²) < 4.78 is 24.4. The smallest absolute Gasteiger partial charge is 0.301 e. The Morgan fingerprint density at radius 1 is 0.978 bits per heavy atom. The maximum absolute atomic E-state index is 13.9. The highest BCUT2D eigenvalue weighted by atomic mass is 32.1. The van der Waals surface area contributed by atoms with Gasteiger partial charge in [-0.25, -0.2) is 4.98 Å². The van der Waals surface area contributed by atoms with Crippen LogP contribution < -0.4 is 23.8 Å². The van der Waals surface area contributed by atoms with Crippen molar-refractivity contribution in [1.29, 1.82) is 0 Å². The fourth-order valence-corrected chi connectivity index (χ4v) is 6.96. The molecule has 0 radical (unpaired) electrons. The van der Waals surface area contributed by atoms with E-state index in [1.54, 1.807) is 24.3 Å². The minimum Gasteiger partial charge on any atom is -0.507 e. The van der Waals surface area contributed by atoms with Crippen LogP contribution in [0.1, 0.15) is 69.7 Å². The van der Waals surface area contributed by atoms with Crippen LogP contribution in [-0.2, 0) is 16.0 Å². The number of hydrogen-bond donors (Lipinski definition) is 1. The molecule has 1 saturated heterocycles. The summed E-state index contributed by atoms with van der Waals surface area (Å²) in [5, 5.41) is 12.1. The first-order valence-corrected chi connectivity index (χ1v) is 16.7. The van der Waals surface area contributed by atoms with Gasteiger partial charge in [0.2, 0.25) is 0 Å². The molecular formula is C36H38N2O7S. The lowest BCUT2D eigenvalue weighted by Crippen LogP contribution is -2.29. The van der Waals surface area contributed by atoms with Crippen molar-refractivity contribution < 1.29 is 33.6 Å². The van der Waals surface area contributed by atoms with Crippen molar-refractivity contribution in [3.8, 4) is 23.0 Å². The minimum absolute atomic E-state index is 0.0138. The van der Waals surface area contributed by atoms with Crippen LogP contribution in [0.5, 0.6) is 23.0 Å². The molecule has 1 fully saturated rings. The predicted molar refractivity (Wildman–Crippen MR) is 178 cm³/mol. The molecule has 2 aliphatic heterocycles. The number of carbonyl (C=O) groups is 2. The average Bonchev–Trinajstić information content (AvgIpc) is 3.71. The number of thiazole rings is 1. The summed E-state index contributed by atoms with van der Waals surface area (Å²) >= 11 is 1.28. The number of nitrogens with zero attached hydrogens (tertiary/aromatic N) is 2. The lowest BCUT2D eigenvalue weighted by molar-refractivity contribution is -0.132. The van der Waals surface area contributed by atoms with Gasteiger partial charge in [-0.05, 0) is 86.8 Å². The van der Waals surface area contributed by atoms with Gasteiger partial charge in [-0.3, -0.25) is 14.5 Å². The van der Waals surface area contributed by atoms with Crippen LogP contribution in [0.3, 0.4) is 0 Å². The predicted octanol–water partition coefficient (Wildman–Crippen LogP) is 7.61. The molecule has 1 amide bonds. The molecular weight excluding hydrogens is 604 g/mol. The van der Waals surface area contributed by atoms with Gasteiger partial charge in [-0.1, -0.05) is 37.2 Å². The number of rotatable bonds is 12. The van der Waals surface area contributed by atoms with Crippen molar-refractivity contribution in [2.75, 3.05) is 24.7 Å². The third-order valence-corrected chi connectivity index (χ3v) is 9.09. The Morgan fingerprint density at radius 3 is 2.59 bits per heavy atom. The molecule has 2 atom stereocenters. The normalized spacial score (nSPS) is 18.6. The van der Waals surface area contributed by atoms with Gasteiger partial charge in [-0.2, -0.15) is 0 Å². The second kappa shape index (κ2) is 13.4. The molecule has 0 saturated carbocycles. The van der Waals surface area contributed by atoms with E-state index >= 15 is 0 Å². The number of Topliss-reactive ketones (excluding diaryl/α,β-unsaturated/α-hetero) is 1. The number of aromatic nitrogens is 1. The van der Waals surface area contributed by atoms with Crippen LogP contribution >= 0.6 is 11.3 Å². The van der Waals surface area contributed by atoms with Gasteiger partial charge in [0.15, 0.2) is 16.6 Å². The molecule has 0 unspecified atom stereocenters. The van der Waals surface area contributed by atoms with Gasteiger partial charge in [0.1, 0.15) is 23.4 Å². The number of anilines is 1. The Balaban J connectivity index is 1.48. The topological polar surface area (TPSA) is 107 Å². The SMILES string of the molecule is CCCCCOc1ccc([C@H]2/C(=C(\O)c3ccc4c(c3)C[C@H](C)O4)C(=O)C(=O)N2c2nc3ccc(OCC)cc3s2)cc1OCC. The number of aliphatic hydroxyl groups is 1. The summed E-state index contributed by atoms with van der Waals surface area (Å²) in [4.78, 5) is 33.9. The van der Waals surface area contributed by atoms with Crippen LogP contribution in [0.15, 0.2) is 60.2 Å². The van der Waals surface area contributed by atoms with Gasteiger partial charge in [0.25, 0.3) is 5.78 Å². The number of hydrogen-bond acceptors (Lipinski definition) is 9. The van der Waals surface area contributed by atoms with Crippen LogP contribution in [0.2, 0.25) is 0 Å². The number of aliphatic hydroxyl groups excluding tert-OH is 1. The molecule has 3 heterocycles. The largest absolute Gasteiger partial charge is 0.507 e. The quantitative estimate of drug-likeness (QED) is 0.0728. The van der Waals surface area contributed by atoms with E-state index in [-0.39, 0.29) is 17.4 Å². The third kappa shape index (κ3) is 6.01. The third-order valence-electron chi connectivity index (χ3n) is 8.07. The molecule has 240 valence electrons. The van der Waals surface area contributed by atoms with E-state index in [0.717, 1.165) is 35.3 Å². The Kier molecular flexibility index (Phi) is 9.17. The Hall–Kier alpha value is -4.57. The van der Waals surface area contributed by atoms with Crippen molar-refractivity contribution in [3.63, 3.8) is 0 Å². The molecule has 1 N–H and O–H groups in total. The van der Waals surface area contributed by atoms with Crippen molar-refractivity contribution in [2.45, 2.75) is 65.5 Å². The summed E-state index contributed by atoms with van der Waals surface area (Å²) in [6.45, 7) is 9.36. The zero-order valence-electron chi connectivity index (χ0n) is 26.5. The number of ether oxygens (including phenoxy) is 4. The number of amides is 1. The highest BCUT2D eigenvalue weighted by molar-refractivity contribution is 7.22. The molecule has 6 rings (SSSR count). The number of fused-ring (bicyclic) bond motifs is 2. The van der Waals surface area contributed by atoms with Crippen LogP contribution in [-0.4, -0.2) is 47.7 Å². The van der Waals surface area contributed by atoms with Crippen LogP contribution in [0, 0.1) is 0 Å². The summed E-state index contributed by atoms with van der Waals surface area (Å²) in [5.74, 6) is 0.691. The minimum atomic E-state index is -0.969. The van der Waals surface area contributed by atoms with E-state index in [9.17, 15) is 14.7 Å². The molecule has 4 aromatic rings. The second-order valence-corrected chi connectivity index (χ2v) is 12.4. The second-order valence-electron chi connectivity index (χ2n) is 11.4. The first kappa shape index (κ1) is 31.4. The number of ketones is 1. The van der Waals surface area contributed by atoms with Gasteiger partial charge in [-0.15, -0.1) is 0 Å². The number of unbranched alkanes of at least 4 members (excludes halogenated alkanes) is 2. The summed E-state index contributed by atoms with van der Waals surface area (Å²) in [6.07, 6.45) is 3.74. The number of benzene rings is 3. The molecule has 0 bridgehead atoms. The lowest BCUT2D eigenvalue weighted by atomic mass is 9.94. The average molecular weight is 643 g/mol. The molecule has 0 aliphatic carbocycles. The Bertz CT molecular complexity index is 1810. The fraction of sp³-hybridized carbons (Fsp3) is 0.361. The van der Waals surface area contributed by atoms with E-state index in [4.69, 9.17) is 23.9 Å². The molecule has 46 heavy (non-hydrogen) atoms. The fourth-order valence-electron chi connectivity index (χ4n) is 5.94. The van der Waals surface area contributed by atoms with E-state index in [1.165, 1.54) is 16.2 Å². The highest BCUT2D eigenvalue weighted by Gasteiger charge is 2.48. The monoisotopic (exact) mass is 642 g/mol. The van der Waals surface area contributed by atoms with E-state index < -0.39 is 17.7 Å². The zero-order chi connectivity index (χ0) is 32.4. The first-order chi connectivity index (χ1) is 22.3. The molecule has 10 heteroatoms.